The van der Waals surface area contributed by atoms with Gasteiger partial charge in [-0.1, -0.05) is 76.7 Å². The number of allylic oxidation sites excluding steroid dienone is 4. The molecule has 0 aromatic carbocycles. The van der Waals surface area contributed by atoms with Gasteiger partial charge >= 0.3 is 0 Å². The first kappa shape index (κ1) is 20.8. The summed E-state index contributed by atoms with van der Waals surface area (Å²) in [6.45, 7) is 4.56. The van der Waals surface area contributed by atoms with Gasteiger partial charge in [-0.3, -0.25) is 0 Å². The fraction of sp³-hybridized carbons (Fsp3) is 0.840. The van der Waals surface area contributed by atoms with Gasteiger partial charge in [0, 0.05) is 0 Å². The van der Waals surface area contributed by atoms with Gasteiger partial charge in [-0.15, -0.1) is 0 Å². The highest BCUT2D eigenvalue weighted by Gasteiger charge is 2.20. The average molecular weight is 345 g/mol. The smallest absolute Gasteiger partial charge is 0.0233 e. The van der Waals surface area contributed by atoms with Crippen molar-refractivity contribution in [1.82, 2.24) is 0 Å². The molecule has 0 saturated heterocycles. The van der Waals surface area contributed by atoms with Crippen molar-refractivity contribution in [2.24, 2.45) is 23.7 Å². The summed E-state index contributed by atoms with van der Waals surface area (Å²) in [4.78, 5) is 0. The molecule has 2 saturated carbocycles. The average Bonchev–Trinajstić information content (AvgIpc) is 2.66. The molecule has 0 aliphatic heterocycles. The molecule has 0 bridgehead atoms. The molecule has 2 aliphatic rings. The third-order valence-corrected chi connectivity index (χ3v) is 6.82. The molecule has 0 aromatic heterocycles. The van der Waals surface area contributed by atoms with E-state index in [2.05, 4.69) is 38.2 Å². The van der Waals surface area contributed by atoms with Gasteiger partial charge in [0.2, 0.25) is 0 Å². The Hall–Kier alpha value is -0.520. The van der Waals surface area contributed by atoms with Crippen molar-refractivity contribution in [2.45, 2.75) is 110 Å². The minimum atomic E-state index is 0.882. The lowest BCUT2D eigenvalue weighted by Gasteiger charge is -2.28. The highest BCUT2D eigenvalue weighted by atomic mass is 14.3. The van der Waals surface area contributed by atoms with Crippen LogP contribution in [-0.4, -0.2) is 0 Å². The van der Waals surface area contributed by atoms with Crippen LogP contribution < -0.4 is 0 Å². The van der Waals surface area contributed by atoms with E-state index < -0.39 is 0 Å². The molecular formula is C25H44. The Morgan fingerprint density at radius 3 is 1.76 bits per heavy atom. The Morgan fingerprint density at radius 1 is 0.640 bits per heavy atom. The molecule has 0 spiro atoms. The van der Waals surface area contributed by atoms with E-state index in [1.54, 1.807) is 0 Å². The van der Waals surface area contributed by atoms with E-state index in [-0.39, 0.29) is 0 Å². The molecule has 0 heteroatoms. The molecule has 0 N–H and O–H groups in total. The molecule has 0 unspecified atom stereocenters. The predicted molar refractivity (Wildman–Crippen MR) is 113 cm³/mol. The zero-order valence-electron chi connectivity index (χ0n) is 17.2. The third kappa shape index (κ3) is 8.61. The summed E-state index contributed by atoms with van der Waals surface area (Å²) in [6.07, 6.45) is 31.4. The van der Waals surface area contributed by atoms with E-state index in [9.17, 15) is 0 Å². The van der Waals surface area contributed by atoms with Gasteiger partial charge in [0.25, 0.3) is 0 Å². The van der Waals surface area contributed by atoms with Crippen molar-refractivity contribution in [3.8, 4) is 0 Å². The lowest BCUT2D eigenvalue weighted by atomic mass is 9.78. The predicted octanol–water partition coefficient (Wildman–Crippen LogP) is 8.48. The first-order valence-electron chi connectivity index (χ1n) is 11.6. The molecule has 144 valence electrons. The fourth-order valence-corrected chi connectivity index (χ4v) is 4.96. The van der Waals surface area contributed by atoms with Crippen LogP contribution in [-0.2, 0) is 0 Å². The molecule has 0 nitrogen and oxygen atoms in total. The summed E-state index contributed by atoms with van der Waals surface area (Å²) < 4.78 is 0. The Morgan fingerprint density at radius 2 is 1.20 bits per heavy atom. The van der Waals surface area contributed by atoms with Crippen LogP contribution in [0.2, 0.25) is 0 Å². The Balaban J connectivity index is 1.52. The zero-order chi connectivity index (χ0) is 17.7. The van der Waals surface area contributed by atoms with Crippen molar-refractivity contribution in [3.05, 3.63) is 24.3 Å². The van der Waals surface area contributed by atoms with Crippen LogP contribution in [0.25, 0.3) is 0 Å². The maximum atomic E-state index is 2.53. The largest absolute Gasteiger partial charge is 0.0885 e. The maximum absolute atomic E-state index is 2.53. The summed E-state index contributed by atoms with van der Waals surface area (Å²) in [5.41, 5.74) is 0. The van der Waals surface area contributed by atoms with Gasteiger partial charge in [-0.05, 0) is 81.5 Å². The van der Waals surface area contributed by atoms with Crippen molar-refractivity contribution in [1.29, 1.82) is 0 Å². The summed E-state index contributed by atoms with van der Waals surface area (Å²) in [5, 5.41) is 0. The lowest BCUT2D eigenvalue weighted by Crippen LogP contribution is -2.14. The molecule has 0 atom stereocenters. The summed E-state index contributed by atoms with van der Waals surface area (Å²) in [6, 6.07) is 0. The van der Waals surface area contributed by atoms with E-state index in [0.29, 0.717) is 0 Å². The van der Waals surface area contributed by atoms with Crippen LogP contribution in [0, 0.1) is 23.7 Å². The van der Waals surface area contributed by atoms with Gasteiger partial charge in [-0.2, -0.15) is 0 Å². The molecule has 25 heavy (non-hydrogen) atoms. The number of hydrogen-bond acceptors (Lipinski definition) is 0. The van der Waals surface area contributed by atoms with Gasteiger partial charge in [0.15, 0.2) is 0 Å². The van der Waals surface area contributed by atoms with Crippen molar-refractivity contribution >= 4 is 0 Å². The highest BCUT2D eigenvalue weighted by Crippen LogP contribution is 2.34. The van der Waals surface area contributed by atoms with Gasteiger partial charge in [0.05, 0.1) is 0 Å². The Kier molecular flexibility index (Phi) is 10.6. The van der Waals surface area contributed by atoms with Crippen LogP contribution in [0.1, 0.15) is 110 Å². The molecule has 2 aliphatic carbocycles. The summed E-state index contributed by atoms with van der Waals surface area (Å²) >= 11 is 0. The SMILES string of the molecule is CCC=CC1CCC(C/C=C\CC2CCC(CCCCC)CC2)CC1. The van der Waals surface area contributed by atoms with E-state index in [1.165, 1.54) is 96.3 Å². The quantitative estimate of drug-likeness (QED) is 0.275. The summed E-state index contributed by atoms with van der Waals surface area (Å²) in [7, 11) is 0. The highest BCUT2D eigenvalue weighted by molar-refractivity contribution is 4.93. The van der Waals surface area contributed by atoms with Crippen LogP contribution in [0.3, 0.4) is 0 Å². The van der Waals surface area contributed by atoms with Crippen molar-refractivity contribution in [2.75, 3.05) is 0 Å². The zero-order valence-corrected chi connectivity index (χ0v) is 17.2. The Labute approximate surface area is 158 Å². The topological polar surface area (TPSA) is 0 Å². The molecule has 2 fully saturated rings. The number of unbranched alkanes of at least 4 members (excludes halogenated alkanes) is 2. The second kappa shape index (κ2) is 12.8. The standard InChI is InChI=1S/C25H44/c1-3-5-7-11-23-18-20-25(21-19-23)13-9-8-12-24-16-14-22(15-17-24)10-6-4-2/h6,8-10,22-25H,3-5,7,11-21H2,1-2H3/b9-8-,10-6?. The van der Waals surface area contributed by atoms with Crippen LogP contribution >= 0.6 is 0 Å². The number of hydrogen-bond donors (Lipinski definition) is 0. The monoisotopic (exact) mass is 344 g/mol. The van der Waals surface area contributed by atoms with Gasteiger partial charge in [0.1, 0.15) is 0 Å². The summed E-state index contributed by atoms with van der Waals surface area (Å²) in [5.74, 6) is 3.90. The van der Waals surface area contributed by atoms with Gasteiger partial charge < -0.3 is 0 Å². The molecule has 0 aromatic rings. The van der Waals surface area contributed by atoms with E-state index in [4.69, 9.17) is 0 Å². The van der Waals surface area contributed by atoms with Crippen LogP contribution in [0.15, 0.2) is 24.3 Å². The molecule has 0 radical (unpaired) electrons. The van der Waals surface area contributed by atoms with Gasteiger partial charge in [-0.25, -0.2) is 0 Å². The first-order valence-corrected chi connectivity index (χ1v) is 11.6. The molecule has 2 rings (SSSR count). The molecule has 0 amide bonds. The van der Waals surface area contributed by atoms with E-state index >= 15 is 0 Å². The van der Waals surface area contributed by atoms with Crippen LogP contribution in [0.5, 0.6) is 0 Å². The molecule has 0 heterocycles. The lowest BCUT2D eigenvalue weighted by molar-refractivity contribution is 0.259. The molecular weight excluding hydrogens is 300 g/mol. The fourth-order valence-electron chi connectivity index (χ4n) is 4.96. The Bertz CT molecular complexity index is 361. The normalized spacial score (nSPS) is 31.1. The van der Waals surface area contributed by atoms with E-state index in [1.807, 2.05) is 0 Å². The van der Waals surface area contributed by atoms with Crippen LogP contribution in [0.4, 0.5) is 0 Å². The minimum absolute atomic E-state index is 0.882. The maximum Gasteiger partial charge on any atom is -0.0233 e. The second-order valence-electron chi connectivity index (χ2n) is 8.94. The third-order valence-electron chi connectivity index (χ3n) is 6.82. The first-order chi connectivity index (χ1) is 12.3. The second-order valence-corrected chi connectivity index (χ2v) is 8.94. The van der Waals surface area contributed by atoms with Crippen molar-refractivity contribution < 1.29 is 0 Å². The number of rotatable bonds is 10. The minimum Gasteiger partial charge on any atom is -0.0885 e. The van der Waals surface area contributed by atoms with E-state index in [0.717, 1.165) is 23.7 Å². The van der Waals surface area contributed by atoms with Crippen molar-refractivity contribution in [3.63, 3.8) is 0 Å².